The summed E-state index contributed by atoms with van der Waals surface area (Å²) < 4.78 is 0. The molecule has 0 saturated carbocycles. The minimum absolute atomic E-state index is 0. The van der Waals surface area contributed by atoms with E-state index in [0.29, 0.717) is 0 Å². The normalized spacial score (nSPS) is 13.3. The standard InChI is InChI=1S/C4H4B.CH4/c1-2-4-5-3-1;/h1-4H;1H4. The lowest BCUT2D eigenvalue weighted by atomic mass is 9.83. The summed E-state index contributed by atoms with van der Waals surface area (Å²) in [7, 11) is 2.00. The van der Waals surface area contributed by atoms with E-state index >= 15 is 0 Å². The van der Waals surface area contributed by atoms with E-state index in [4.69, 9.17) is 0 Å². The van der Waals surface area contributed by atoms with Gasteiger partial charge in [-0.15, -0.1) is 12.0 Å². The van der Waals surface area contributed by atoms with Crippen LogP contribution in [-0.4, -0.2) is 7.28 Å². The van der Waals surface area contributed by atoms with Crippen molar-refractivity contribution in [2.24, 2.45) is 0 Å². The fourth-order valence-electron chi connectivity index (χ4n) is 0.321. The van der Waals surface area contributed by atoms with Crippen molar-refractivity contribution in [3.8, 4) is 0 Å². The fraction of sp³-hybridized carbons (Fsp3) is 0.200. The predicted molar refractivity (Wildman–Crippen MR) is 30.8 cm³/mol. The summed E-state index contributed by atoms with van der Waals surface area (Å²) in [5.41, 5.74) is 0. The second-order valence-corrected chi connectivity index (χ2v) is 0.962. The highest BCUT2D eigenvalue weighted by Gasteiger charge is 1.75. The predicted octanol–water partition coefficient (Wildman–Crippen LogP) is 1.37. The number of hydrogen-bond acceptors (Lipinski definition) is 0. The molecule has 0 fully saturated rings. The minimum Gasteiger partial charge on any atom is -0.117 e. The molecule has 0 unspecified atom stereocenters. The van der Waals surface area contributed by atoms with Crippen LogP contribution in [0.25, 0.3) is 0 Å². The average Bonchev–Trinajstić information content (AvgIpc) is 1.76. The summed E-state index contributed by atoms with van der Waals surface area (Å²) >= 11 is 0. The minimum atomic E-state index is 0. The Morgan fingerprint density at radius 2 is 1.50 bits per heavy atom. The summed E-state index contributed by atoms with van der Waals surface area (Å²) in [5.74, 6) is 4.00. The molecule has 0 aromatic rings. The molecule has 1 radical (unpaired) electrons. The van der Waals surface area contributed by atoms with E-state index in [1.165, 1.54) is 0 Å². The Hall–Kier alpha value is -0.455. The molecule has 1 heteroatoms. The second kappa shape index (κ2) is 2.76. The molecule has 0 amide bonds. The number of rotatable bonds is 0. The van der Waals surface area contributed by atoms with Gasteiger partial charge >= 0.3 is 0 Å². The first-order chi connectivity index (χ1) is 2.50. The quantitative estimate of drug-likeness (QED) is 0.384. The van der Waals surface area contributed by atoms with Crippen LogP contribution >= 0.6 is 0 Å². The Bertz CT molecular complexity index is 62.0. The molecule has 6 heavy (non-hydrogen) atoms. The summed E-state index contributed by atoms with van der Waals surface area (Å²) in [6, 6.07) is 0. The third-order valence-corrected chi connectivity index (χ3v) is 0.556. The van der Waals surface area contributed by atoms with Crippen molar-refractivity contribution in [2.75, 3.05) is 0 Å². The van der Waals surface area contributed by atoms with E-state index in [1.54, 1.807) is 0 Å². The highest BCUT2D eigenvalue weighted by atomic mass is 13.6. The molecule has 0 N–H and O–H groups in total. The SMILES string of the molecule is C.[B]1C=CC=C1. The monoisotopic (exact) mass is 79.1 g/mol. The summed E-state index contributed by atoms with van der Waals surface area (Å²) in [5, 5.41) is 0. The molecule has 0 aliphatic carbocycles. The van der Waals surface area contributed by atoms with Crippen LogP contribution in [0.5, 0.6) is 0 Å². The second-order valence-electron chi connectivity index (χ2n) is 0.962. The van der Waals surface area contributed by atoms with Gasteiger partial charge in [0, 0.05) is 0 Å². The molecule has 0 spiro atoms. The first kappa shape index (κ1) is 5.54. The molecule has 0 nitrogen and oxygen atoms in total. The average molecular weight is 78.9 g/mol. The molecule has 0 saturated heterocycles. The molecular weight excluding hydrogens is 70.9 g/mol. The van der Waals surface area contributed by atoms with Gasteiger partial charge in [0.15, 0.2) is 7.28 Å². The van der Waals surface area contributed by atoms with Gasteiger partial charge in [-0.3, -0.25) is 0 Å². The van der Waals surface area contributed by atoms with Crippen LogP contribution in [0.3, 0.4) is 0 Å². The largest absolute Gasteiger partial charge is 0.171 e. The Morgan fingerprint density at radius 3 is 1.67 bits per heavy atom. The van der Waals surface area contributed by atoms with E-state index in [-0.39, 0.29) is 7.43 Å². The van der Waals surface area contributed by atoms with Crippen molar-refractivity contribution in [1.82, 2.24) is 0 Å². The van der Waals surface area contributed by atoms with Gasteiger partial charge < -0.3 is 0 Å². The molecular formula is C5H8B. The molecule has 1 rings (SSSR count). The third kappa shape index (κ3) is 1.11. The highest BCUT2D eigenvalue weighted by molar-refractivity contribution is 6.49. The first-order valence-corrected chi connectivity index (χ1v) is 1.67. The van der Waals surface area contributed by atoms with E-state index in [0.717, 1.165) is 0 Å². The maximum atomic E-state index is 2.00. The van der Waals surface area contributed by atoms with Crippen molar-refractivity contribution in [2.45, 2.75) is 7.43 Å². The summed E-state index contributed by atoms with van der Waals surface area (Å²) in [4.78, 5) is 0. The highest BCUT2D eigenvalue weighted by Crippen LogP contribution is 1.82. The van der Waals surface area contributed by atoms with Crippen LogP contribution in [0.15, 0.2) is 24.1 Å². The van der Waals surface area contributed by atoms with Crippen LogP contribution < -0.4 is 0 Å². The maximum Gasteiger partial charge on any atom is 0.171 e. The van der Waals surface area contributed by atoms with Crippen LogP contribution in [0, 0.1) is 0 Å². The lowest BCUT2D eigenvalue weighted by Gasteiger charge is -1.51. The van der Waals surface area contributed by atoms with Gasteiger partial charge in [-0.2, -0.15) is 0 Å². The lowest BCUT2D eigenvalue weighted by molar-refractivity contribution is 2.15. The molecule has 31 valence electrons. The first-order valence-electron chi connectivity index (χ1n) is 1.67. The van der Waals surface area contributed by atoms with Gasteiger partial charge in [0.2, 0.25) is 0 Å². The molecule has 1 heterocycles. The van der Waals surface area contributed by atoms with E-state index in [9.17, 15) is 0 Å². The molecule has 0 aromatic heterocycles. The smallest absolute Gasteiger partial charge is 0.117 e. The maximum absolute atomic E-state index is 2.00. The Balaban J connectivity index is 0.000000250. The summed E-state index contributed by atoms with van der Waals surface area (Å²) in [6.07, 6.45) is 4.00. The third-order valence-electron chi connectivity index (χ3n) is 0.556. The van der Waals surface area contributed by atoms with Gasteiger partial charge in [0.05, 0.1) is 0 Å². The van der Waals surface area contributed by atoms with Gasteiger partial charge in [0.1, 0.15) is 0 Å². The van der Waals surface area contributed by atoms with Crippen molar-refractivity contribution in [3.63, 3.8) is 0 Å². The molecule has 1 aliphatic heterocycles. The number of allylic oxidation sites excluding steroid dienone is 2. The zero-order valence-corrected chi connectivity index (χ0v) is 2.89. The van der Waals surface area contributed by atoms with Crippen molar-refractivity contribution in [1.29, 1.82) is 0 Å². The fourth-order valence-corrected chi connectivity index (χ4v) is 0.321. The van der Waals surface area contributed by atoms with Crippen molar-refractivity contribution < 1.29 is 0 Å². The molecule has 1 aliphatic rings. The van der Waals surface area contributed by atoms with Crippen molar-refractivity contribution >= 4 is 7.28 Å². The van der Waals surface area contributed by atoms with Crippen LogP contribution in [-0.2, 0) is 0 Å². The molecule has 0 atom stereocenters. The Morgan fingerprint density at radius 1 is 1.00 bits per heavy atom. The molecule has 0 bridgehead atoms. The van der Waals surface area contributed by atoms with Crippen molar-refractivity contribution in [3.05, 3.63) is 24.1 Å². The van der Waals surface area contributed by atoms with E-state index in [1.807, 2.05) is 31.4 Å². The van der Waals surface area contributed by atoms with Gasteiger partial charge in [-0.05, 0) is 0 Å². The van der Waals surface area contributed by atoms with Crippen LogP contribution in [0.1, 0.15) is 7.43 Å². The summed E-state index contributed by atoms with van der Waals surface area (Å²) in [6.45, 7) is 0. The van der Waals surface area contributed by atoms with Gasteiger partial charge in [-0.1, -0.05) is 19.6 Å². The lowest BCUT2D eigenvalue weighted by Crippen LogP contribution is -1.63. The van der Waals surface area contributed by atoms with Gasteiger partial charge in [0.25, 0.3) is 0 Å². The van der Waals surface area contributed by atoms with Crippen LogP contribution in [0.2, 0.25) is 0 Å². The Kier molecular flexibility index (Phi) is 2.56. The van der Waals surface area contributed by atoms with Crippen LogP contribution in [0.4, 0.5) is 0 Å². The number of hydrogen-bond donors (Lipinski definition) is 0. The topological polar surface area (TPSA) is 0 Å². The molecule has 0 aromatic carbocycles. The Labute approximate surface area is 39.8 Å². The zero-order chi connectivity index (χ0) is 3.54. The zero-order valence-electron chi connectivity index (χ0n) is 2.89. The van der Waals surface area contributed by atoms with E-state index in [2.05, 4.69) is 0 Å². The van der Waals surface area contributed by atoms with E-state index < -0.39 is 0 Å². The van der Waals surface area contributed by atoms with Gasteiger partial charge in [-0.25, -0.2) is 0 Å².